The Balaban J connectivity index is 1.25. The number of fused-ring (bicyclic) bond motifs is 2. The van der Waals surface area contributed by atoms with E-state index in [9.17, 15) is 9.90 Å². The molecule has 0 aliphatic carbocycles. The third kappa shape index (κ3) is 4.01. The molecular weight excluding hydrogens is 412 g/mol. The predicted molar refractivity (Wildman–Crippen MR) is 120 cm³/mol. The van der Waals surface area contributed by atoms with Crippen molar-refractivity contribution in [3.63, 3.8) is 0 Å². The molecule has 2 heterocycles. The summed E-state index contributed by atoms with van der Waals surface area (Å²) in [5.74, 6) is -0.140. The lowest BCUT2D eigenvalue weighted by Gasteiger charge is -2.05. The number of H-pyrrole nitrogens is 1. The first-order chi connectivity index (χ1) is 15.2. The Kier molecular flexibility index (Phi) is 4.89. The lowest BCUT2D eigenvalue weighted by Crippen LogP contribution is -2.17. The van der Waals surface area contributed by atoms with E-state index in [4.69, 9.17) is 4.42 Å². The van der Waals surface area contributed by atoms with Crippen molar-refractivity contribution >= 4 is 45.7 Å². The fourth-order valence-electron chi connectivity index (χ4n) is 3.16. The van der Waals surface area contributed by atoms with Crippen LogP contribution in [0.2, 0.25) is 0 Å². The van der Waals surface area contributed by atoms with Gasteiger partial charge in [-0.2, -0.15) is 5.10 Å². The molecule has 5 rings (SSSR count). The normalized spacial score (nSPS) is 11.5. The van der Waals surface area contributed by atoms with Gasteiger partial charge in [0.15, 0.2) is 10.2 Å². The zero-order valence-corrected chi connectivity index (χ0v) is 16.9. The number of imidazole rings is 1. The number of hydrogen-bond acceptors (Lipinski definition) is 6. The van der Waals surface area contributed by atoms with Crippen molar-refractivity contribution in [3.8, 4) is 5.75 Å². The highest BCUT2D eigenvalue weighted by molar-refractivity contribution is 7.99. The highest BCUT2D eigenvalue weighted by atomic mass is 32.2. The lowest BCUT2D eigenvalue weighted by molar-refractivity contribution is 0.0952. The Labute approximate surface area is 180 Å². The Morgan fingerprint density at radius 1 is 1.06 bits per heavy atom. The first-order valence-corrected chi connectivity index (χ1v) is 10.2. The molecule has 2 aromatic heterocycles. The van der Waals surface area contributed by atoms with E-state index in [2.05, 4.69) is 20.5 Å². The SMILES string of the molecule is O=C(N/N=C\c1ccc(Sc2nc3ccccc3[nH]2)o1)c1cc2ccccc2cc1O. The molecule has 7 nitrogen and oxygen atoms in total. The van der Waals surface area contributed by atoms with Crippen LogP contribution in [-0.2, 0) is 0 Å². The molecule has 31 heavy (non-hydrogen) atoms. The highest BCUT2D eigenvalue weighted by Crippen LogP contribution is 2.28. The maximum atomic E-state index is 12.4. The Hall–Kier alpha value is -4.04. The number of hydrazone groups is 1. The Morgan fingerprint density at radius 2 is 1.84 bits per heavy atom. The second kappa shape index (κ2) is 8.00. The zero-order chi connectivity index (χ0) is 21.2. The van der Waals surface area contributed by atoms with Gasteiger partial charge in [-0.1, -0.05) is 36.4 Å². The standard InChI is InChI=1S/C23H16N4O3S/c28-20-12-15-6-2-1-5-14(15)11-17(20)22(29)27-24-13-16-9-10-21(30-16)31-23-25-18-7-3-4-8-19(18)26-23/h1-13,28H,(H,25,26)(H,27,29)/b24-13-. The minimum absolute atomic E-state index is 0.103. The highest BCUT2D eigenvalue weighted by Gasteiger charge is 2.12. The Morgan fingerprint density at radius 3 is 2.68 bits per heavy atom. The molecule has 1 amide bonds. The number of benzene rings is 3. The molecule has 3 N–H and O–H groups in total. The second-order valence-corrected chi connectivity index (χ2v) is 7.73. The number of phenolic OH excluding ortho intramolecular Hbond substituents is 1. The number of amides is 1. The summed E-state index contributed by atoms with van der Waals surface area (Å²) in [5, 5.41) is 17.1. The van der Waals surface area contributed by atoms with Crippen molar-refractivity contribution in [2.24, 2.45) is 5.10 Å². The van der Waals surface area contributed by atoms with Crippen LogP contribution in [-0.4, -0.2) is 27.2 Å². The van der Waals surface area contributed by atoms with Crippen molar-refractivity contribution in [1.29, 1.82) is 0 Å². The van der Waals surface area contributed by atoms with Gasteiger partial charge in [0.1, 0.15) is 11.5 Å². The van der Waals surface area contributed by atoms with Gasteiger partial charge in [-0.25, -0.2) is 10.4 Å². The summed E-state index contributed by atoms with van der Waals surface area (Å²) in [6.07, 6.45) is 1.40. The molecule has 0 radical (unpaired) electrons. The third-order valence-corrected chi connectivity index (χ3v) is 5.44. The quantitative estimate of drug-likeness (QED) is 0.272. The van der Waals surface area contributed by atoms with Crippen molar-refractivity contribution < 1.29 is 14.3 Å². The van der Waals surface area contributed by atoms with Gasteiger partial charge in [-0.15, -0.1) is 0 Å². The van der Waals surface area contributed by atoms with E-state index in [1.165, 1.54) is 18.0 Å². The molecule has 0 aliphatic heterocycles. The van der Waals surface area contributed by atoms with Gasteiger partial charge in [0, 0.05) is 0 Å². The van der Waals surface area contributed by atoms with E-state index in [1.54, 1.807) is 24.3 Å². The van der Waals surface area contributed by atoms with E-state index < -0.39 is 5.91 Å². The van der Waals surface area contributed by atoms with Crippen LogP contribution in [0, 0.1) is 0 Å². The number of para-hydroxylation sites is 2. The van der Waals surface area contributed by atoms with Crippen molar-refractivity contribution in [3.05, 3.63) is 84.1 Å². The number of aromatic nitrogens is 2. The van der Waals surface area contributed by atoms with Crippen LogP contribution in [0.4, 0.5) is 0 Å². The molecule has 5 aromatic rings. The predicted octanol–water partition coefficient (Wildman–Crippen LogP) is 4.93. The molecule has 0 fully saturated rings. The molecule has 0 bridgehead atoms. The van der Waals surface area contributed by atoms with Crippen molar-refractivity contribution in [1.82, 2.24) is 15.4 Å². The molecule has 0 unspecified atom stereocenters. The number of aromatic amines is 1. The molecule has 0 saturated carbocycles. The number of carbonyl (C=O) groups is 1. The first-order valence-electron chi connectivity index (χ1n) is 9.43. The van der Waals surface area contributed by atoms with Crippen LogP contribution in [0.25, 0.3) is 21.8 Å². The summed E-state index contributed by atoms with van der Waals surface area (Å²) >= 11 is 1.36. The topological polar surface area (TPSA) is 104 Å². The molecule has 3 aromatic carbocycles. The van der Waals surface area contributed by atoms with Gasteiger partial charge in [0.05, 0.1) is 22.8 Å². The molecule has 0 atom stereocenters. The number of nitrogens with one attached hydrogen (secondary N) is 2. The largest absolute Gasteiger partial charge is 0.507 e. The summed E-state index contributed by atoms with van der Waals surface area (Å²) in [6, 6.07) is 22.0. The van der Waals surface area contributed by atoms with E-state index in [1.807, 2.05) is 48.5 Å². The monoisotopic (exact) mass is 428 g/mol. The summed E-state index contributed by atoms with van der Waals surface area (Å²) in [5.41, 5.74) is 4.41. The first kappa shape index (κ1) is 19.0. The third-order valence-electron chi connectivity index (χ3n) is 4.63. The molecular formula is C23H16N4O3S. The molecule has 8 heteroatoms. The minimum atomic E-state index is -0.511. The molecule has 0 saturated heterocycles. The lowest BCUT2D eigenvalue weighted by atomic mass is 10.1. The van der Waals surface area contributed by atoms with Crippen LogP contribution in [0.3, 0.4) is 0 Å². The number of aromatic hydroxyl groups is 1. The zero-order valence-electron chi connectivity index (χ0n) is 16.1. The number of rotatable bonds is 5. The molecule has 152 valence electrons. The summed E-state index contributed by atoms with van der Waals surface area (Å²) in [6.45, 7) is 0. The van der Waals surface area contributed by atoms with Crippen LogP contribution >= 0.6 is 11.8 Å². The number of phenols is 1. The number of nitrogens with zero attached hydrogens (tertiary/aromatic N) is 2. The van der Waals surface area contributed by atoms with Gasteiger partial charge in [-0.3, -0.25) is 4.79 Å². The van der Waals surface area contributed by atoms with E-state index >= 15 is 0 Å². The van der Waals surface area contributed by atoms with Gasteiger partial charge in [0.25, 0.3) is 5.91 Å². The fourth-order valence-corrected chi connectivity index (χ4v) is 3.93. The van der Waals surface area contributed by atoms with E-state index in [-0.39, 0.29) is 11.3 Å². The van der Waals surface area contributed by atoms with Crippen LogP contribution in [0.1, 0.15) is 16.1 Å². The summed E-state index contributed by atoms with van der Waals surface area (Å²) < 4.78 is 5.71. The number of carbonyl (C=O) groups excluding carboxylic acids is 1. The molecule has 0 aliphatic rings. The molecule has 0 spiro atoms. The number of furan rings is 1. The fraction of sp³-hybridized carbons (Fsp3) is 0. The van der Waals surface area contributed by atoms with E-state index in [0.717, 1.165) is 27.0 Å². The summed E-state index contributed by atoms with van der Waals surface area (Å²) in [4.78, 5) is 20.1. The Bertz CT molecular complexity index is 1400. The van der Waals surface area contributed by atoms with Crippen LogP contribution in [0.5, 0.6) is 5.75 Å². The van der Waals surface area contributed by atoms with Gasteiger partial charge < -0.3 is 14.5 Å². The van der Waals surface area contributed by atoms with Crippen LogP contribution in [0.15, 0.2) is 92.6 Å². The van der Waals surface area contributed by atoms with Gasteiger partial charge in [0.2, 0.25) is 0 Å². The second-order valence-electron chi connectivity index (χ2n) is 6.73. The van der Waals surface area contributed by atoms with Crippen LogP contribution < -0.4 is 5.43 Å². The van der Waals surface area contributed by atoms with Gasteiger partial charge >= 0.3 is 0 Å². The maximum absolute atomic E-state index is 12.4. The number of hydrogen-bond donors (Lipinski definition) is 3. The average molecular weight is 428 g/mol. The van der Waals surface area contributed by atoms with Gasteiger partial charge in [-0.05, 0) is 58.9 Å². The summed E-state index contributed by atoms with van der Waals surface area (Å²) in [7, 11) is 0. The maximum Gasteiger partial charge on any atom is 0.275 e. The van der Waals surface area contributed by atoms with Crippen molar-refractivity contribution in [2.45, 2.75) is 10.2 Å². The smallest absolute Gasteiger partial charge is 0.275 e. The average Bonchev–Trinajstić information content (AvgIpc) is 3.39. The minimum Gasteiger partial charge on any atom is -0.507 e. The van der Waals surface area contributed by atoms with Crippen molar-refractivity contribution in [2.75, 3.05) is 0 Å². The van der Waals surface area contributed by atoms with E-state index in [0.29, 0.717) is 10.9 Å².